The Morgan fingerprint density at radius 3 is 2.67 bits per heavy atom. The number of fused-ring (bicyclic) bond motifs is 2. The molecule has 2 aromatic heterocycles. The molecule has 3 aliphatic heterocycles. The Kier molecular flexibility index (Phi) is 8.04. The number of nitrogens with one attached hydrogen (secondary N) is 2. The molecule has 0 aliphatic carbocycles. The summed E-state index contributed by atoms with van der Waals surface area (Å²) >= 11 is 0. The first-order valence-electron chi connectivity index (χ1n) is 14.0. The third kappa shape index (κ3) is 6.01. The van der Waals surface area contributed by atoms with Crippen LogP contribution >= 0.6 is 0 Å². The number of piperidine rings is 1. The van der Waals surface area contributed by atoms with E-state index in [-0.39, 0.29) is 23.2 Å². The fourth-order valence-corrected chi connectivity index (χ4v) is 6.08. The number of aromatic nitrogens is 4. The fourth-order valence-electron chi connectivity index (χ4n) is 6.08. The molecule has 2 aromatic rings. The minimum absolute atomic E-state index is 0.0504. The average molecular weight is 547 g/mol. The van der Waals surface area contributed by atoms with Crippen LogP contribution in [0, 0.1) is 6.92 Å². The molecule has 0 aromatic carbocycles. The topological polar surface area (TPSA) is 100 Å². The van der Waals surface area contributed by atoms with E-state index >= 15 is 0 Å². The van der Waals surface area contributed by atoms with Crippen molar-refractivity contribution in [3.05, 3.63) is 23.7 Å². The zero-order valence-electron chi connectivity index (χ0n) is 23.3. The summed E-state index contributed by atoms with van der Waals surface area (Å²) in [5.41, 5.74) is 0.474. The van der Waals surface area contributed by atoms with E-state index in [9.17, 15) is 13.6 Å². The maximum absolute atomic E-state index is 13.7. The number of alkyl halides is 2. The summed E-state index contributed by atoms with van der Waals surface area (Å²) in [6.07, 6.45) is 6.42. The maximum atomic E-state index is 13.7. The van der Waals surface area contributed by atoms with Crippen molar-refractivity contribution in [2.75, 3.05) is 43.9 Å². The van der Waals surface area contributed by atoms with Gasteiger partial charge in [-0.1, -0.05) is 0 Å². The first kappa shape index (κ1) is 27.7. The molecule has 1 amide bonds. The Labute approximate surface area is 228 Å². The molecule has 3 saturated heterocycles. The van der Waals surface area contributed by atoms with Gasteiger partial charge < -0.3 is 25.2 Å². The predicted octanol–water partition coefficient (Wildman–Crippen LogP) is 4.29. The number of aryl methyl sites for hydroxylation is 1. The number of hydrogen-bond donors (Lipinski definition) is 2. The van der Waals surface area contributed by atoms with Gasteiger partial charge in [-0.2, -0.15) is 10.1 Å². The highest BCUT2D eigenvalue weighted by Crippen LogP contribution is 2.40. The molecule has 0 spiro atoms. The molecule has 12 heteroatoms. The number of amides is 1. The van der Waals surface area contributed by atoms with Crippen molar-refractivity contribution in [2.45, 2.75) is 89.4 Å². The average Bonchev–Trinajstić information content (AvgIpc) is 3.28. The zero-order valence-corrected chi connectivity index (χ0v) is 23.3. The molecule has 214 valence electrons. The molecular formula is C27H40F2N8O2. The Morgan fingerprint density at radius 2 is 1.95 bits per heavy atom. The van der Waals surface area contributed by atoms with Crippen LogP contribution in [0.3, 0.4) is 0 Å². The Hall–Kier alpha value is -2.86. The fraction of sp³-hybridized carbons (Fsp3) is 0.704. The lowest BCUT2D eigenvalue weighted by Crippen LogP contribution is -2.45. The van der Waals surface area contributed by atoms with Gasteiger partial charge in [-0.25, -0.2) is 13.8 Å². The second-order valence-electron chi connectivity index (χ2n) is 11.5. The minimum Gasteiger partial charge on any atom is -0.369 e. The summed E-state index contributed by atoms with van der Waals surface area (Å²) in [4.78, 5) is 25.5. The molecule has 0 saturated carbocycles. The van der Waals surface area contributed by atoms with Gasteiger partial charge in [-0.05, 0) is 66.3 Å². The number of carbonyl (C=O) groups excluding carboxylic acids is 1. The van der Waals surface area contributed by atoms with E-state index in [0.717, 1.165) is 36.8 Å². The van der Waals surface area contributed by atoms with Crippen molar-refractivity contribution in [1.29, 1.82) is 0 Å². The van der Waals surface area contributed by atoms with E-state index < -0.39 is 12.0 Å². The van der Waals surface area contributed by atoms with Gasteiger partial charge in [-0.15, -0.1) is 0 Å². The van der Waals surface area contributed by atoms with Gasteiger partial charge >= 0.3 is 0 Å². The lowest BCUT2D eigenvalue weighted by Gasteiger charge is -2.36. The molecular weight excluding hydrogens is 506 g/mol. The Balaban J connectivity index is 1.22. The summed E-state index contributed by atoms with van der Waals surface area (Å²) in [6, 6.07) is 1.55. The summed E-state index contributed by atoms with van der Waals surface area (Å²) in [7, 11) is 2.22. The SMILES string of the molecule is Cc1nn(C2CC3CCC(C2)N3C)cc1Nc1ncc(C(F)F)c(NCCCN2CCCOC(C)(C)C2=O)n1. The molecule has 39 heavy (non-hydrogen) atoms. The highest BCUT2D eigenvalue weighted by molar-refractivity contribution is 5.84. The molecule has 2 atom stereocenters. The number of rotatable bonds is 9. The smallest absolute Gasteiger partial charge is 0.268 e. The van der Waals surface area contributed by atoms with Crippen molar-refractivity contribution in [1.82, 2.24) is 29.5 Å². The summed E-state index contributed by atoms with van der Waals surface area (Å²) in [6.45, 7) is 7.54. The normalized spacial score (nSPS) is 25.3. The number of nitrogens with zero attached hydrogens (tertiary/aromatic N) is 6. The molecule has 10 nitrogen and oxygen atoms in total. The predicted molar refractivity (Wildman–Crippen MR) is 144 cm³/mol. The number of carbonyl (C=O) groups is 1. The van der Waals surface area contributed by atoms with Gasteiger partial charge in [0.1, 0.15) is 11.4 Å². The van der Waals surface area contributed by atoms with Crippen molar-refractivity contribution in [3.63, 3.8) is 0 Å². The third-order valence-corrected chi connectivity index (χ3v) is 8.40. The van der Waals surface area contributed by atoms with Gasteiger partial charge in [0.05, 0.1) is 23.0 Å². The first-order chi connectivity index (χ1) is 18.6. The number of hydrogen-bond acceptors (Lipinski definition) is 8. The molecule has 3 fully saturated rings. The molecule has 0 radical (unpaired) electrons. The molecule has 3 aliphatic rings. The van der Waals surface area contributed by atoms with E-state index in [2.05, 4.69) is 32.5 Å². The van der Waals surface area contributed by atoms with Crippen LogP contribution in [0.15, 0.2) is 12.4 Å². The zero-order chi connectivity index (χ0) is 27.7. The summed E-state index contributed by atoms with van der Waals surface area (Å²) < 4.78 is 35.1. The van der Waals surface area contributed by atoms with E-state index in [1.54, 1.807) is 18.7 Å². The largest absolute Gasteiger partial charge is 0.369 e. The van der Waals surface area contributed by atoms with Crippen LogP contribution in [0.25, 0.3) is 0 Å². The maximum Gasteiger partial charge on any atom is 0.268 e. The molecule has 2 N–H and O–H groups in total. The summed E-state index contributed by atoms with van der Waals surface area (Å²) in [5, 5.41) is 11.0. The van der Waals surface area contributed by atoms with E-state index in [4.69, 9.17) is 9.84 Å². The van der Waals surface area contributed by atoms with Gasteiger partial charge in [0, 0.05) is 50.7 Å². The minimum atomic E-state index is -2.71. The molecule has 2 unspecified atom stereocenters. The van der Waals surface area contributed by atoms with Gasteiger partial charge in [0.15, 0.2) is 0 Å². The molecule has 5 rings (SSSR count). The number of halogens is 2. The highest BCUT2D eigenvalue weighted by Gasteiger charge is 2.39. The molecule has 2 bridgehead atoms. The van der Waals surface area contributed by atoms with Crippen LogP contribution in [0.1, 0.15) is 76.1 Å². The van der Waals surface area contributed by atoms with Gasteiger partial charge in [-0.3, -0.25) is 9.48 Å². The third-order valence-electron chi connectivity index (χ3n) is 8.40. The highest BCUT2D eigenvalue weighted by atomic mass is 19.3. The lowest BCUT2D eigenvalue weighted by atomic mass is 9.98. The number of ether oxygens (including phenoxy) is 1. The summed E-state index contributed by atoms with van der Waals surface area (Å²) in [5.74, 6) is 0.269. The lowest BCUT2D eigenvalue weighted by molar-refractivity contribution is -0.149. The van der Waals surface area contributed by atoms with Crippen LogP contribution in [-0.4, -0.2) is 86.4 Å². The number of anilines is 3. The Morgan fingerprint density at radius 1 is 1.21 bits per heavy atom. The van der Waals surface area contributed by atoms with Crippen molar-refractivity contribution in [2.24, 2.45) is 0 Å². The van der Waals surface area contributed by atoms with Crippen molar-refractivity contribution < 1.29 is 18.3 Å². The van der Waals surface area contributed by atoms with Crippen LogP contribution in [0.2, 0.25) is 0 Å². The van der Waals surface area contributed by atoms with Gasteiger partial charge in [0.25, 0.3) is 12.3 Å². The van der Waals surface area contributed by atoms with E-state index in [1.807, 2.05) is 17.8 Å². The van der Waals surface area contributed by atoms with Crippen molar-refractivity contribution >= 4 is 23.4 Å². The monoisotopic (exact) mass is 546 g/mol. The van der Waals surface area contributed by atoms with Gasteiger partial charge in [0.2, 0.25) is 5.95 Å². The standard InChI is InChI=1S/C27H40F2N8O2/c1-17-22(16-37(34-17)20-13-18-7-8-19(14-20)35(18)4)32-26-31-15-21(23(28)29)24(33-26)30-9-5-10-36-11-6-12-39-27(2,3)25(36)38/h15-16,18-20,23H,5-14H2,1-4H3,(H2,30,31,32,33). The van der Waals surface area contributed by atoms with Crippen LogP contribution in [0.5, 0.6) is 0 Å². The van der Waals surface area contributed by atoms with E-state index in [0.29, 0.717) is 50.8 Å². The van der Waals surface area contributed by atoms with Crippen molar-refractivity contribution in [3.8, 4) is 0 Å². The van der Waals surface area contributed by atoms with Crippen LogP contribution < -0.4 is 10.6 Å². The molecule has 5 heterocycles. The quantitative estimate of drug-likeness (QED) is 0.450. The first-order valence-corrected chi connectivity index (χ1v) is 14.0. The second kappa shape index (κ2) is 11.3. The van der Waals surface area contributed by atoms with Crippen LogP contribution in [-0.2, 0) is 9.53 Å². The Bertz CT molecular complexity index is 1160. The second-order valence-corrected chi connectivity index (χ2v) is 11.5. The van der Waals surface area contributed by atoms with Crippen LogP contribution in [0.4, 0.5) is 26.2 Å². The van der Waals surface area contributed by atoms with E-state index in [1.165, 1.54) is 12.8 Å².